The summed E-state index contributed by atoms with van der Waals surface area (Å²) in [7, 11) is -3.91. The van der Waals surface area contributed by atoms with Crippen LogP contribution in [-0.2, 0) is 10.0 Å². The molecule has 0 spiro atoms. The van der Waals surface area contributed by atoms with Gasteiger partial charge in [0.05, 0.1) is 28.8 Å². The second kappa shape index (κ2) is 7.72. The molecule has 0 amide bonds. The maximum atomic E-state index is 13.2. The van der Waals surface area contributed by atoms with Gasteiger partial charge >= 0.3 is 0 Å². The number of ether oxygens (including phenoxy) is 2. The molecule has 0 aliphatic rings. The molecule has 0 heterocycles. The minimum absolute atomic E-state index is 0.138. The third-order valence-corrected chi connectivity index (χ3v) is 4.67. The summed E-state index contributed by atoms with van der Waals surface area (Å²) in [5.74, 6) is 0.263. The van der Waals surface area contributed by atoms with Crippen molar-refractivity contribution in [2.45, 2.75) is 18.7 Å². The van der Waals surface area contributed by atoms with Gasteiger partial charge in [-0.3, -0.25) is 4.72 Å². The molecule has 0 aromatic heterocycles. The minimum Gasteiger partial charge on any atom is -0.490 e. The maximum absolute atomic E-state index is 13.2. The zero-order valence-corrected chi connectivity index (χ0v) is 14.7. The van der Waals surface area contributed by atoms with E-state index in [1.165, 1.54) is 6.07 Å². The number of halogens is 2. The molecule has 0 saturated carbocycles. The average Bonchev–Trinajstić information content (AvgIpc) is 2.52. The largest absolute Gasteiger partial charge is 0.490 e. The van der Waals surface area contributed by atoms with Crippen LogP contribution in [0, 0.1) is 5.82 Å². The van der Waals surface area contributed by atoms with Gasteiger partial charge in [-0.15, -0.1) is 0 Å². The number of nitrogens with one attached hydrogen (secondary N) is 1. The third kappa shape index (κ3) is 4.30. The van der Waals surface area contributed by atoms with E-state index in [1.54, 1.807) is 12.1 Å². The first-order valence-electron chi connectivity index (χ1n) is 7.25. The van der Waals surface area contributed by atoms with Crippen LogP contribution in [0.15, 0.2) is 41.3 Å². The Hall–Kier alpha value is -1.99. The van der Waals surface area contributed by atoms with Crippen LogP contribution in [-0.4, -0.2) is 21.6 Å². The lowest BCUT2D eigenvalue weighted by atomic mass is 10.3. The first-order valence-corrected chi connectivity index (χ1v) is 9.11. The van der Waals surface area contributed by atoms with Crippen LogP contribution in [0.25, 0.3) is 0 Å². The van der Waals surface area contributed by atoms with Crippen molar-refractivity contribution in [3.63, 3.8) is 0 Å². The quantitative estimate of drug-likeness (QED) is 0.794. The van der Waals surface area contributed by atoms with Gasteiger partial charge < -0.3 is 9.47 Å². The molecule has 2 aromatic rings. The van der Waals surface area contributed by atoms with E-state index in [0.29, 0.717) is 30.4 Å². The molecule has 0 saturated heterocycles. The molecule has 5 nitrogen and oxygen atoms in total. The summed E-state index contributed by atoms with van der Waals surface area (Å²) in [6.45, 7) is 4.51. The molecule has 1 N–H and O–H groups in total. The van der Waals surface area contributed by atoms with E-state index in [-0.39, 0.29) is 9.92 Å². The number of anilines is 1. The van der Waals surface area contributed by atoms with Gasteiger partial charge in [0.2, 0.25) is 0 Å². The Labute approximate surface area is 145 Å². The van der Waals surface area contributed by atoms with Gasteiger partial charge in [-0.1, -0.05) is 11.6 Å². The normalized spacial score (nSPS) is 11.2. The first-order chi connectivity index (χ1) is 11.4. The van der Waals surface area contributed by atoms with E-state index < -0.39 is 15.8 Å². The molecule has 24 heavy (non-hydrogen) atoms. The van der Waals surface area contributed by atoms with Crippen LogP contribution < -0.4 is 14.2 Å². The van der Waals surface area contributed by atoms with E-state index in [4.69, 9.17) is 21.1 Å². The Bertz CT molecular complexity index is 827. The Morgan fingerprint density at radius 3 is 2.33 bits per heavy atom. The van der Waals surface area contributed by atoms with Gasteiger partial charge in [0.1, 0.15) is 5.82 Å². The highest BCUT2D eigenvalue weighted by atomic mass is 35.5. The van der Waals surface area contributed by atoms with E-state index >= 15 is 0 Å². The summed E-state index contributed by atoms with van der Waals surface area (Å²) >= 11 is 5.64. The van der Waals surface area contributed by atoms with Crippen LogP contribution in [0.3, 0.4) is 0 Å². The molecular formula is C16H17ClFNO4S. The predicted octanol–water partition coefficient (Wildman–Crippen LogP) is 4.08. The summed E-state index contributed by atoms with van der Waals surface area (Å²) in [6.07, 6.45) is 0. The highest BCUT2D eigenvalue weighted by molar-refractivity contribution is 7.92. The lowest BCUT2D eigenvalue weighted by Crippen LogP contribution is -2.13. The second-order valence-electron chi connectivity index (χ2n) is 4.71. The van der Waals surface area contributed by atoms with E-state index in [2.05, 4.69) is 4.72 Å². The maximum Gasteiger partial charge on any atom is 0.261 e. The molecule has 0 fully saturated rings. The van der Waals surface area contributed by atoms with Crippen LogP contribution in [0.2, 0.25) is 5.02 Å². The fourth-order valence-corrected chi connectivity index (χ4v) is 3.29. The Morgan fingerprint density at radius 2 is 1.71 bits per heavy atom. The molecule has 130 valence electrons. The summed E-state index contributed by atoms with van der Waals surface area (Å²) in [5.41, 5.74) is 0.294. The Balaban J connectivity index is 2.31. The van der Waals surface area contributed by atoms with Crippen LogP contribution in [0.4, 0.5) is 10.1 Å². The Morgan fingerprint density at radius 1 is 1.04 bits per heavy atom. The molecule has 0 bridgehead atoms. The van der Waals surface area contributed by atoms with Gasteiger partial charge in [-0.2, -0.15) is 0 Å². The van der Waals surface area contributed by atoms with Crippen molar-refractivity contribution in [1.82, 2.24) is 0 Å². The third-order valence-electron chi connectivity index (χ3n) is 3.00. The molecular weight excluding hydrogens is 357 g/mol. The van der Waals surface area contributed by atoms with Gasteiger partial charge in [0, 0.05) is 6.07 Å². The fourth-order valence-electron chi connectivity index (χ4n) is 1.97. The molecule has 0 radical (unpaired) electrons. The van der Waals surface area contributed by atoms with Crippen molar-refractivity contribution >= 4 is 27.3 Å². The lowest BCUT2D eigenvalue weighted by Gasteiger charge is -2.14. The van der Waals surface area contributed by atoms with E-state index in [9.17, 15) is 12.8 Å². The number of hydrogen-bond acceptors (Lipinski definition) is 4. The van der Waals surface area contributed by atoms with Gasteiger partial charge in [0.25, 0.3) is 10.0 Å². The molecule has 2 rings (SSSR count). The number of rotatable bonds is 7. The second-order valence-corrected chi connectivity index (χ2v) is 6.80. The zero-order valence-electron chi connectivity index (χ0n) is 13.2. The highest BCUT2D eigenvalue weighted by Crippen LogP contribution is 2.31. The Kier molecular flexibility index (Phi) is 5.90. The lowest BCUT2D eigenvalue weighted by molar-refractivity contribution is 0.288. The summed E-state index contributed by atoms with van der Waals surface area (Å²) in [6, 6.07) is 7.89. The van der Waals surface area contributed by atoms with Crippen molar-refractivity contribution in [1.29, 1.82) is 0 Å². The van der Waals surface area contributed by atoms with Crippen molar-refractivity contribution in [2.24, 2.45) is 0 Å². The van der Waals surface area contributed by atoms with E-state index in [1.807, 2.05) is 13.8 Å². The first kappa shape index (κ1) is 18.4. The van der Waals surface area contributed by atoms with Gasteiger partial charge in [-0.05, 0) is 44.2 Å². The molecule has 0 aliphatic carbocycles. The standard InChI is InChI=1S/C16H17ClFNO4S/c1-3-22-15-8-5-11(9-16(15)23-4-2)19-24(20,21)12-6-7-14(18)13(17)10-12/h5-10,19H,3-4H2,1-2H3. The monoisotopic (exact) mass is 373 g/mol. The van der Waals surface area contributed by atoms with Crippen LogP contribution in [0.5, 0.6) is 11.5 Å². The molecule has 0 aliphatic heterocycles. The summed E-state index contributed by atoms with van der Waals surface area (Å²) in [5, 5.41) is -0.264. The number of hydrogen-bond donors (Lipinski definition) is 1. The molecule has 2 aromatic carbocycles. The van der Waals surface area contributed by atoms with Crippen molar-refractivity contribution < 1.29 is 22.3 Å². The molecule has 0 atom stereocenters. The van der Waals surface area contributed by atoms with Crippen molar-refractivity contribution in [3.8, 4) is 11.5 Å². The SMILES string of the molecule is CCOc1ccc(NS(=O)(=O)c2ccc(F)c(Cl)c2)cc1OCC. The minimum atomic E-state index is -3.91. The van der Waals surface area contributed by atoms with Gasteiger partial charge in [-0.25, -0.2) is 12.8 Å². The number of benzene rings is 2. The highest BCUT2D eigenvalue weighted by Gasteiger charge is 2.17. The van der Waals surface area contributed by atoms with Gasteiger partial charge in [0.15, 0.2) is 11.5 Å². The summed E-state index contributed by atoms with van der Waals surface area (Å²) in [4.78, 5) is -0.138. The summed E-state index contributed by atoms with van der Waals surface area (Å²) < 4.78 is 51.2. The topological polar surface area (TPSA) is 64.6 Å². The van der Waals surface area contributed by atoms with Crippen molar-refractivity contribution in [3.05, 3.63) is 47.2 Å². The number of sulfonamides is 1. The fraction of sp³-hybridized carbons (Fsp3) is 0.250. The molecule has 8 heteroatoms. The smallest absolute Gasteiger partial charge is 0.261 e. The predicted molar refractivity (Wildman–Crippen MR) is 91.0 cm³/mol. The van der Waals surface area contributed by atoms with Crippen molar-refractivity contribution in [2.75, 3.05) is 17.9 Å². The van der Waals surface area contributed by atoms with Crippen LogP contribution in [0.1, 0.15) is 13.8 Å². The van der Waals surface area contributed by atoms with E-state index in [0.717, 1.165) is 18.2 Å². The zero-order chi connectivity index (χ0) is 17.7. The van der Waals surface area contributed by atoms with Crippen LogP contribution >= 0.6 is 11.6 Å². The molecule has 0 unspecified atom stereocenters. The average molecular weight is 374 g/mol.